The van der Waals surface area contributed by atoms with Crippen LogP contribution in [0.15, 0.2) is 66.9 Å². The van der Waals surface area contributed by atoms with E-state index < -0.39 is 0 Å². The molecule has 176 valence electrons. The molecule has 0 saturated carbocycles. The second kappa shape index (κ2) is 10.2. The number of benzene rings is 2. The lowest BCUT2D eigenvalue weighted by molar-refractivity contribution is -0.133. The highest BCUT2D eigenvalue weighted by molar-refractivity contribution is 6.00. The number of aromatic nitrogens is 2. The molecule has 0 aliphatic carbocycles. The van der Waals surface area contributed by atoms with Gasteiger partial charge in [-0.3, -0.25) is 9.59 Å². The number of rotatable bonds is 5. The molecule has 6 nitrogen and oxygen atoms in total. The van der Waals surface area contributed by atoms with Crippen molar-refractivity contribution >= 4 is 11.8 Å². The van der Waals surface area contributed by atoms with Gasteiger partial charge in [-0.1, -0.05) is 48.5 Å². The third-order valence-electron chi connectivity index (χ3n) is 7.09. The van der Waals surface area contributed by atoms with Crippen LogP contribution in [-0.4, -0.2) is 57.6 Å². The minimum atomic E-state index is 0.0156. The van der Waals surface area contributed by atoms with E-state index in [0.717, 1.165) is 50.0 Å². The molecule has 0 radical (unpaired) electrons. The molecule has 3 aromatic rings. The summed E-state index contributed by atoms with van der Waals surface area (Å²) >= 11 is 0. The van der Waals surface area contributed by atoms with Crippen LogP contribution in [0.1, 0.15) is 48.9 Å². The van der Waals surface area contributed by atoms with E-state index in [1.54, 1.807) is 4.68 Å². The van der Waals surface area contributed by atoms with Gasteiger partial charge in [-0.2, -0.15) is 5.10 Å². The molecule has 0 unspecified atom stereocenters. The third kappa shape index (κ3) is 4.91. The Morgan fingerprint density at radius 3 is 2.12 bits per heavy atom. The van der Waals surface area contributed by atoms with Gasteiger partial charge in [0.05, 0.1) is 11.3 Å². The van der Waals surface area contributed by atoms with E-state index in [-0.39, 0.29) is 5.91 Å². The third-order valence-corrected chi connectivity index (χ3v) is 7.09. The second-order valence-electron chi connectivity index (χ2n) is 9.42. The van der Waals surface area contributed by atoms with Gasteiger partial charge in [0.2, 0.25) is 5.91 Å². The van der Waals surface area contributed by atoms with Gasteiger partial charge in [-0.05, 0) is 50.2 Å². The van der Waals surface area contributed by atoms with E-state index in [2.05, 4.69) is 0 Å². The zero-order valence-corrected chi connectivity index (χ0v) is 19.6. The quantitative estimate of drug-likeness (QED) is 0.554. The van der Waals surface area contributed by atoms with Crippen LogP contribution in [0.5, 0.6) is 0 Å². The fourth-order valence-corrected chi connectivity index (χ4v) is 5.08. The molecule has 2 amide bonds. The first-order valence-electron chi connectivity index (χ1n) is 12.5. The van der Waals surface area contributed by atoms with Crippen LogP contribution in [0.25, 0.3) is 16.9 Å². The molecule has 2 saturated heterocycles. The SMILES string of the molecule is O=C(CC1CCN(C(=O)c2cn(-c3ccccc3)nc2-c2ccccc2)CC1)N1CCCCC1. The summed E-state index contributed by atoms with van der Waals surface area (Å²) in [6.07, 6.45) is 7.70. The molecular formula is C28H32N4O2. The summed E-state index contributed by atoms with van der Waals surface area (Å²) < 4.78 is 1.79. The van der Waals surface area contributed by atoms with E-state index in [9.17, 15) is 9.59 Å². The first kappa shape index (κ1) is 22.4. The van der Waals surface area contributed by atoms with Crippen LogP contribution < -0.4 is 0 Å². The van der Waals surface area contributed by atoms with Crippen molar-refractivity contribution in [1.82, 2.24) is 19.6 Å². The number of carbonyl (C=O) groups is 2. The molecule has 0 N–H and O–H groups in total. The summed E-state index contributed by atoms with van der Waals surface area (Å²) in [5, 5.41) is 4.79. The molecule has 2 fully saturated rings. The summed E-state index contributed by atoms with van der Waals surface area (Å²) in [4.78, 5) is 30.3. The van der Waals surface area contributed by atoms with Gasteiger partial charge in [-0.25, -0.2) is 4.68 Å². The molecule has 34 heavy (non-hydrogen) atoms. The van der Waals surface area contributed by atoms with Crippen LogP contribution in [0, 0.1) is 5.92 Å². The summed E-state index contributed by atoms with van der Waals surface area (Å²) in [7, 11) is 0. The van der Waals surface area contributed by atoms with Crippen molar-refractivity contribution in [1.29, 1.82) is 0 Å². The van der Waals surface area contributed by atoms with Crippen LogP contribution in [0.4, 0.5) is 0 Å². The number of amides is 2. The molecule has 2 aromatic carbocycles. The van der Waals surface area contributed by atoms with E-state index in [0.29, 0.717) is 42.6 Å². The monoisotopic (exact) mass is 456 g/mol. The minimum Gasteiger partial charge on any atom is -0.343 e. The Kier molecular flexibility index (Phi) is 6.74. The van der Waals surface area contributed by atoms with Crippen molar-refractivity contribution in [3.63, 3.8) is 0 Å². The van der Waals surface area contributed by atoms with Crippen molar-refractivity contribution in [2.24, 2.45) is 5.92 Å². The van der Waals surface area contributed by atoms with Gasteiger partial charge in [0.1, 0.15) is 5.69 Å². The highest BCUT2D eigenvalue weighted by Crippen LogP contribution is 2.28. The van der Waals surface area contributed by atoms with E-state index in [1.807, 2.05) is 76.7 Å². The van der Waals surface area contributed by atoms with Crippen molar-refractivity contribution in [3.8, 4) is 16.9 Å². The van der Waals surface area contributed by atoms with Crippen LogP contribution in [-0.2, 0) is 4.79 Å². The number of carbonyl (C=O) groups excluding carboxylic acids is 2. The molecule has 3 heterocycles. The number of para-hydroxylation sites is 1. The predicted octanol–water partition coefficient (Wildman–Crippen LogP) is 4.79. The molecule has 6 heteroatoms. The Bertz CT molecular complexity index is 1110. The average Bonchev–Trinajstić information content (AvgIpc) is 3.36. The van der Waals surface area contributed by atoms with Gasteiger partial charge < -0.3 is 9.80 Å². The summed E-state index contributed by atoms with van der Waals surface area (Å²) in [5.74, 6) is 0.668. The Morgan fingerprint density at radius 1 is 0.794 bits per heavy atom. The van der Waals surface area contributed by atoms with Crippen LogP contribution >= 0.6 is 0 Å². The minimum absolute atomic E-state index is 0.0156. The van der Waals surface area contributed by atoms with Crippen molar-refractivity contribution in [2.45, 2.75) is 38.5 Å². The summed E-state index contributed by atoms with van der Waals surface area (Å²) in [5.41, 5.74) is 3.19. The number of hydrogen-bond acceptors (Lipinski definition) is 3. The summed E-state index contributed by atoms with van der Waals surface area (Å²) in [6, 6.07) is 19.8. The second-order valence-corrected chi connectivity index (χ2v) is 9.42. The van der Waals surface area contributed by atoms with E-state index in [1.165, 1.54) is 6.42 Å². The van der Waals surface area contributed by atoms with Crippen LogP contribution in [0.3, 0.4) is 0 Å². The maximum absolute atomic E-state index is 13.6. The molecule has 2 aliphatic heterocycles. The number of likely N-dealkylation sites (tertiary alicyclic amines) is 2. The summed E-state index contributed by atoms with van der Waals surface area (Å²) in [6.45, 7) is 3.18. The topological polar surface area (TPSA) is 58.4 Å². The van der Waals surface area contributed by atoms with Crippen molar-refractivity contribution < 1.29 is 9.59 Å². The largest absolute Gasteiger partial charge is 0.343 e. The number of nitrogens with zero attached hydrogens (tertiary/aromatic N) is 4. The Balaban J connectivity index is 1.30. The van der Waals surface area contributed by atoms with Gasteiger partial charge in [0.15, 0.2) is 0 Å². The standard InChI is InChI=1S/C28H32N4O2/c33-26(30-16-8-3-9-17-30)20-22-14-18-31(19-15-22)28(34)25-21-32(24-12-6-2-7-13-24)29-27(25)23-10-4-1-5-11-23/h1-2,4-7,10-13,21-22H,3,8-9,14-20H2. The fourth-order valence-electron chi connectivity index (χ4n) is 5.08. The van der Waals surface area contributed by atoms with Crippen LogP contribution in [0.2, 0.25) is 0 Å². The normalized spacial score (nSPS) is 17.1. The predicted molar refractivity (Wildman–Crippen MR) is 133 cm³/mol. The lowest BCUT2D eigenvalue weighted by Gasteiger charge is -2.33. The van der Waals surface area contributed by atoms with Crippen molar-refractivity contribution in [3.05, 3.63) is 72.4 Å². The Labute approximate surface area is 201 Å². The molecule has 0 spiro atoms. The van der Waals surface area contributed by atoms with E-state index in [4.69, 9.17) is 5.10 Å². The molecule has 5 rings (SSSR count). The molecule has 0 bridgehead atoms. The number of piperidine rings is 2. The van der Waals surface area contributed by atoms with Gasteiger partial charge >= 0.3 is 0 Å². The first-order chi connectivity index (χ1) is 16.7. The van der Waals surface area contributed by atoms with Gasteiger partial charge in [0.25, 0.3) is 5.91 Å². The molecule has 0 atom stereocenters. The highest BCUT2D eigenvalue weighted by Gasteiger charge is 2.29. The Hall–Kier alpha value is -3.41. The van der Waals surface area contributed by atoms with Gasteiger partial charge in [-0.15, -0.1) is 0 Å². The maximum Gasteiger partial charge on any atom is 0.257 e. The van der Waals surface area contributed by atoms with E-state index >= 15 is 0 Å². The zero-order chi connectivity index (χ0) is 23.3. The smallest absolute Gasteiger partial charge is 0.257 e. The maximum atomic E-state index is 13.6. The molecule has 1 aromatic heterocycles. The molecule has 2 aliphatic rings. The first-order valence-corrected chi connectivity index (χ1v) is 12.5. The number of hydrogen-bond donors (Lipinski definition) is 0. The lowest BCUT2D eigenvalue weighted by Crippen LogP contribution is -2.41. The zero-order valence-electron chi connectivity index (χ0n) is 19.6. The van der Waals surface area contributed by atoms with Gasteiger partial charge in [0, 0.05) is 44.4 Å². The fraction of sp³-hybridized carbons (Fsp3) is 0.393. The average molecular weight is 457 g/mol. The van der Waals surface area contributed by atoms with Crippen molar-refractivity contribution in [2.75, 3.05) is 26.2 Å². The highest BCUT2D eigenvalue weighted by atomic mass is 16.2. The lowest BCUT2D eigenvalue weighted by atomic mass is 9.92. The molecular weight excluding hydrogens is 424 g/mol. The Morgan fingerprint density at radius 2 is 1.44 bits per heavy atom.